The first-order chi connectivity index (χ1) is 14.7. The van der Waals surface area contributed by atoms with Crippen molar-refractivity contribution in [2.75, 3.05) is 52.4 Å². The maximum absolute atomic E-state index is 12.0. The van der Waals surface area contributed by atoms with Gasteiger partial charge in [0, 0.05) is 50.4 Å². The summed E-state index contributed by atoms with van der Waals surface area (Å²) < 4.78 is 0. The van der Waals surface area contributed by atoms with E-state index in [0.717, 1.165) is 52.1 Å². The van der Waals surface area contributed by atoms with Gasteiger partial charge >= 0.3 is 0 Å². The number of benzene rings is 2. The minimum atomic E-state index is -0.000209. The Morgan fingerprint density at radius 2 is 1.00 bits per heavy atom. The predicted molar refractivity (Wildman–Crippen MR) is 120 cm³/mol. The highest BCUT2D eigenvalue weighted by Crippen LogP contribution is 2.04. The zero-order valence-corrected chi connectivity index (χ0v) is 17.6. The molecule has 2 amide bonds. The summed E-state index contributed by atoms with van der Waals surface area (Å²) in [5.41, 5.74) is 1.43. The van der Waals surface area contributed by atoms with Gasteiger partial charge in [-0.15, -0.1) is 0 Å². The minimum Gasteiger partial charge on any atom is -0.352 e. The van der Waals surface area contributed by atoms with E-state index in [1.807, 2.05) is 60.7 Å². The fourth-order valence-corrected chi connectivity index (χ4v) is 3.63. The van der Waals surface area contributed by atoms with Crippen molar-refractivity contribution in [3.8, 4) is 0 Å². The average molecular weight is 409 g/mol. The molecule has 0 radical (unpaired) electrons. The molecule has 0 aromatic heterocycles. The van der Waals surface area contributed by atoms with Gasteiger partial charge in [-0.2, -0.15) is 0 Å². The number of hydrogen-bond acceptors (Lipinski definition) is 4. The van der Waals surface area contributed by atoms with Gasteiger partial charge in [0.2, 0.25) is 0 Å². The molecule has 1 fully saturated rings. The molecule has 0 saturated carbocycles. The lowest BCUT2D eigenvalue weighted by Gasteiger charge is -2.34. The summed E-state index contributed by atoms with van der Waals surface area (Å²) in [6, 6.07) is 18.7. The first-order valence-electron chi connectivity index (χ1n) is 10.8. The molecule has 6 heteroatoms. The van der Waals surface area contributed by atoms with E-state index in [9.17, 15) is 9.59 Å². The number of carbonyl (C=O) groups is 2. The molecule has 1 heterocycles. The molecule has 2 N–H and O–H groups in total. The molecule has 1 saturated heterocycles. The van der Waals surface area contributed by atoms with Crippen LogP contribution in [0.4, 0.5) is 0 Å². The number of amides is 2. The lowest BCUT2D eigenvalue weighted by atomic mass is 10.2. The third-order valence-corrected chi connectivity index (χ3v) is 5.41. The molecule has 1 aliphatic rings. The molecule has 30 heavy (non-hydrogen) atoms. The van der Waals surface area contributed by atoms with Gasteiger partial charge in [0.05, 0.1) is 0 Å². The summed E-state index contributed by atoms with van der Waals surface area (Å²) in [5.74, 6) is -0.000417. The molecule has 0 unspecified atom stereocenters. The van der Waals surface area contributed by atoms with Gasteiger partial charge in [-0.3, -0.25) is 9.59 Å². The quantitative estimate of drug-likeness (QED) is 0.592. The fraction of sp³-hybridized carbons (Fsp3) is 0.417. The first kappa shape index (κ1) is 22.0. The van der Waals surface area contributed by atoms with Crippen LogP contribution in [0, 0.1) is 0 Å². The molecule has 0 aliphatic carbocycles. The Hall–Kier alpha value is -2.70. The van der Waals surface area contributed by atoms with Gasteiger partial charge in [0.1, 0.15) is 0 Å². The van der Waals surface area contributed by atoms with Gasteiger partial charge < -0.3 is 20.4 Å². The SMILES string of the molecule is O=C(NCCCN1CCN(CCCNC(=O)c2ccccc2)CC1)c1ccccc1. The van der Waals surface area contributed by atoms with E-state index in [0.29, 0.717) is 24.2 Å². The normalized spacial score (nSPS) is 14.9. The number of hydrogen-bond donors (Lipinski definition) is 2. The summed E-state index contributed by atoms with van der Waals surface area (Å²) >= 11 is 0. The van der Waals surface area contributed by atoms with Crippen LogP contribution in [0.1, 0.15) is 33.6 Å². The lowest BCUT2D eigenvalue weighted by molar-refractivity contribution is 0.0935. The molecule has 1 aliphatic heterocycles. The van der Waals surface area contributed by atoms with Crippen molar-refractivity contribution in [3.63, 3.8) is 0 Å². The van der Waals surface area contributed by atoms with Gasteiger partial charge in [0.25, 0.3) is 11.8 Å². The second-order valence-electron chi connectivity index (χ2n) is 7.63. The van der Waals surface area contributed by atoms with E-state index in [1.54, 1.807) is 0 Å². The third kappa shape index (κ3) is 7.28. The fourth-order valence-electron chi connectivity index (χ4n) is 3.63. The zero-order valence-electron chi connectivity index (χ0n) is 17.6. The van der Waals surface area contributed by atoms with Crippen LogP contribution in [0.2, 0.25) is 0 Å². The molecule has 0 bridgehead atoms. The minimum absolute atomic E-state index is 0.000209. The van der Waals surface area contributed by atoms with Crippen LogP contribution in [0.15, 0.2) is 60.7 Å². The van der Waals surface area contributed by atoms with Crippen LogP contribution in [0.5, 0.6) is 0 Å². The Morgan fingerprint density at radius 1 is 0.633 bits per heavy atom. The maximum atomic E-state index is 12.0. The topological polar surface area (TPSA) is 64.7 Å². The molecule has 3 rings (SSSR count). The van der Waals surface area contributed by atoms with Gasteiger partial charge in [0.15, 0.2) is 0 Å². The Morgan fingerprint density at radius 3 is 1.37 bits per heavy atom. The van der Waals surface area contributed by atoms with Gasteiger partial charge in [-0.05, 0) is 50.2 Å². The smallest absolute Gasteiger partial charge is 0.251 e. The monoisotopic (exact) mass is 408 g/mol. The summed E-state index contributed by atoms with van der Waals surface area (Å²) in [5, 5.41) is 5.98. The summed E-state index contributed by atoms with van der Waals surface area (Å²) in [6.07, 6.45) is 1.92. The highest BCUT2D eigenvalue weighted by Gasteiger charge is 2.16. The molecule has 0 atom stereocenters. The number of nitrogens with zero attached hydrogens (tertiary/aromatic N) is 2. The van der Waals surface area contributed by atoms with Crippen LogP contribution in [-0.4, -0.2) is 74.0 Å². The second-order valence-corrected chi connectivity index (χ2v) is 7.63. The molecule has 2 aromatic rings. The highest BCUT2D eigenvalue weighted by atomic mass is 16.2. The first-order valence-corrected chi connectivity index (χ1v) is 10.8. The van der Waals surface area contributed by atoms with E-state index in [4.69, 9.17) is 0 Å². The van der Waals surface area contributed by atoms with Crippen molar-refractivity contribution < 1.29 is 9.59 Å². The number of nitrogens with one attached hydrogen (secondary N) is 2. The van der Waals surface area contributed by atoms with Crippen molar-refractivity contribution in [1.82, 2.24) is 20.4 Å². The Bertz CT molecular complexity index is 707. The van der Waals surface area contributed by atoms with Crippen molar-refractivity contribution >= 4 is 11.8 Å². The van der Waals surface area contributed by atoms with Crippen LogP contribution >= 0.6 is 0 Å². The average Bonchev–Trinajstić information content (AvgIpc) is 2.81. The lowest BCUT2D eigenvalue weighted by Crippen LogP contribution is -2.47. The van der Waals surface area contributed by atoms with Gasteiger partial charge in [-0.1, -0.05) is 36.4 Å². The second kappa shape index (κ2) is 12.1. The predicted octanol–water partition coefficient (Wildman–Crippen LogP) is 2.24. The van der Waals surface area contributed by atoms with E-state index < -0.39 is 0 Å². The highest BCUT2D eigenvalue weighted by molar-refractivity contribution is 5.94. The molecule has 0 spiro atoms. The van der Waals surface area contributed by atoms with E-state index in [2.05, 4.69) is 20.4 Å². The number of carbonyl (C=O) groups excluding carboxylic acids is 2. The van der Waals surface area contributed by atoms with E-state index in [1.165, 1.54) is 0 Å². The Balaban J connectivity index is 1.21. The van der Waals surface area contributed by atoms with Gasteiger partial charge in [-0.25, -0.2) is 0 Å². The number of rotatable bonds is 10. The molecule has 2 aromatic carbocycles. The standard InChI is InChI=1S/C24H32N4O2/c29-23(21-9-3-1-4-10-21)25-13-7-15-27-17-19-28(20-18-27)16-8-14-26-24(30)22-11-5-2-6-12-22/h1-6,9-12H,7-8,13-20H2,(H,25,29)(H,26,30). The van der Waals surface area contributed by atoms with Crippen molar-refractivity contribution in [2.45, 2.75) is 12.8 Å². The Kier molecular flexibility index (Phi) is 8.87. The van der Waals surface area contributed by atoms with Crippen molar-refractivity contribution in [3.05, 3.63) is 71.8 Å². The van der Waals surface area contributed by atoms with Crippen LogP contribution in [-0.2, 0) is 0 Å². The summed E-state index contributed by atoms with van der Waals surface area (Å²) in [4.78, 5) is 29.0. The van der Waals surface area contributed by atoms with Crippen LogP contribution in [0.25, 0.3) is 0 Å². The maximum Gasteiger partial charge on any atom is 0.251 e. The largest absolute Gasteiger partial charge is 0.352 e. The summed E-state index contributed by atoms with van der Waals surface area (Å²) in [7, 11) is 0. The van der Waals surface area contributed by atoms with Crippen LogP contribution < -0.4 is 10.6 Å². The Labute approximate surface area is 179 Å². The molecular weight excluding hydrogens is 376 g/mol. The third-order valence-electron chi connectivity index (χ3n) is 5.41. The molecule has 6 nitrogen and oxygen atoms in total. The molecular formula is C24H32N4O2. The van der Waals surface area contributed by atoms with Crippen LogP contribution in [0.3, 0.4) is 0 Å². The van der Waals surface area contributed by atoms with E-state index in [-0.39, 0.29) is 11.8 Å². The number of piperazine rings is 1. The zero-order chi connectivity index (χ0) is 21.0. The van der Waals surface area contributed by atoms with E-state index >= 15 is 0 Å². The van der Waals surface area contributed by atoms with Crippen molar-refractivity contribution in [2.24, 2.45) is 0 Å². The van der Waals surface area contributed by atoms with Crippen molar-refractivity contribution in [1.29, 1.82) is 0 Å². The molecule has 160 valence electrons. The summed E-state index contributed by atoms with van der Waals surface area (Å²) in [6.45, 7) is 7.66.